The number of rotatable bonds is 2. The normalized spacial score (nSPS) is 12.2. The molecule has 1 aromatic rings. The Labute approximate surface area is 78.7 Å². The second-order valence-corrected chi connectivity index (χ2v) is 2.70. The van der Waals surface area contributed by atoms with Crippen molar-refractivity contribution in [3.8, 4) is 0 Å². The van der Waals surface area contributed by atoms with Crippen LogP contribution in [0.25, 0.3) is 0 Å². The summed E-state index contributed by atoms with van der Waals surface area (Å²) in [7, 11) is 0. The first-order valence-corrected chi connectivity index (χ1v) is 3.86. The van der Waals surface area contributed by atoms with E-state index >= 15 is 0 Å². The quantitative estimate of drug-likeness (QED) is 0.447. The van der Waals surface area contributed by atoms with Gasteiger partial charge in [-0.05, 0) is 17.7 Å². The maximum Gasteiger partial charge on any atom is 0.416 e. The lowest BCUT2D eigenvalue weighted by atomic mass is 10.1. The van der Waals surface area contributed by atoms with Crippen LogP contribution in [0, 0.1) is 0 Å². The standard InChI is InChI=1S/C9H8F3NO/c10-9(11,12)8-3-1-7(2-4-8)5-6-13-14/h1-4,6,14H,5H2. The fraction of sp³-hybridized carbons (Fsp3) is 0.222. The molecule has 0 fully saturated rings. The zero-order chi connectivity index (χ0) is 10.6. The van der Waals surface area contributed by atoms with Crippen molar-refractivity contribution in [3.63, 3.8) is 0 Å². The predicted octanol–water partition coefficient (Wildman–Crippen LogP) is 2.71. The summed E-state index contributed by atoms with van der Waals surface area (Å²) in [5, 5.41) is 10.9. The minimum Gasteiger partial charge on any atom is -0.411 e. The van der Waals surface area contributed by atoms with Crippen LogP contribution in [0.4, 0.5) is 13.2 Å². The first-order chi connectivity index (χ1) is 6.54. The van der Waals surface area contributed by atoms with Gasteiger partial charge in [0.05, 0.1) is 5.56 Å². The van der Waals surface area contributed by atoms with Gasteiger partial charge in [0.2, 0.25) is 0 Å². The van der Waals surface area contributed by atoms with E-state index in [0.29, 0.717) is 12.0 Å². The van der Waals surface area contributed by atoms with E-state index in [9.17, 15) is 13.2 Å². The molecule has 0 spiro atoms. The maximum absolute atomic E-state index is 12.1. The van der Waals surface area contributed by atoms with Crippen LogP contribution < -0.4 is 0 Å². The highest BCUT2D eigenvalue weighted by Crippen LogP contribution is 2.28. The molecule has 1 aromatic carbocycles. The van der Waals surface area contributed by atoms with E-state index in [1.165, 1.54) is 18.3 Å². The molecule has 1 N–H and O–H groups in total. The van der Waals surface area contributed by atoms with Gasteiger partial charge in [0.1, 0.15) is 0 Å². The Morgan fingerprint density at radius 1 is 1.21 bits per heavy atom. The first-order valence-electron chi connectivity index (χ1n) is 3.86. The van der Waals surface area contributed by atoms with Crippen LogP contribution in [0.2, 0.25) is 0 Å². The summed E-state index contributed by atoms with van der Waals surface area (Å²) in [6.45, 7) is 0. The Morgan fingerprint density at radius 2 is 1.79 bits per heavy atom. The number of nitrogens with zero attached hydrogens (tertiary/aromatic N) is 1. The highest BCUT2D eigenvalue weighted by Gasteiger charge is 2.29. The van der Waals surface area contributed by atoms with Crippen LogP contribution in [0.3, 0.4) is 0 Å². The van der Waals surface area contributed by atoms with Crippen LogP contribution in [0.1, 0.15) is 11.1 Å². The minimum absolute atomic E-state index is 0.314. The number of oxime groups is 1. The van der Waals surface area contributed by atoms with Crippen LogP contribution in [0.5, 0.6) is 0 Å². The number of hydrogen-bond acceptors (Lipinski definition) is 2. The van der Waals surface area contributed by atoms with Gasteiger partial charge in [-0.1, -0.05) is 12.1 Å². The van der Waals surface area contributed by atoms with Crippen molar-refractivity contribution in [2.45, 2.75) is 12.6 Å². The Bertz CT molecular complexity index is 316. The predicted molar refractivity (Wildman–Crippen MR) is 45.4 cm³/mol. The minimum atomic E-state index is -4.30. The smallest absolute Gasteiger partial charge is 0.411 e. The van der Waals surface area contributed by atoms with Crippen LogP contribution in [-0.2, 0) is 12.6 Å². The summed E-state index contributed by atoms with van der Waals surface area (Å²) in [6, 6.07) is 4.70. The molecular formula is C9H8F3NO. The first kappa shape index (κ1) is 10.6. The molecule has 0 heterocycles. The van der Waals surface area contributed by atoms with Gasteiger partial charge in [-0.25, -0.2) is 0 Å². The number of hydrogen-bond donors (Lipinski definition) is 1. The summed E-state index contributed by atoms with van der Waals surface area (Å²) < 4.78 is 36.3. The molecule has 0 bridgehead atoms. The molecule has 0 aliphatic rings. The molecule has 0 saturated carbocycles. The third-order valence-corrected chi connectivity index (χ3v) is 1.69. The molecule has 0 aliphatic carbocycles. The molecule has 0 amide bonds. The van der Waals surface area contributed by atoms with Gasteiger partial charge in [-0.3, -0.25) is 0 Å². The molecule has 0 aliphatic heterocycles. The lowest BCUT2D eigenvalue weighted by molar-refractivity contribution is -0.137. The molecule has 2 nitrogen and oxygen atoms in total. The van der Waals surface area contributed by atoms with Crippen LogP contribution in [-0.4, -0.2) is 11.4 Å². The van der Waals surface area contributed by atoms with Gasteiger partial charge in [-0.2, -0.15) is 13.2 Å². The van der Waals surface area contributed by atoms with E-state index < -0.39 is 11.7 Å². The van der Waals surface area contributed by atoms with E-state index in [1.807, 2.05) is 0 Å². The van der Waals surface area contributed by atoms with E-state index in [-0.39, 0.29) is 0 Å². The van der Waals surface area contributed by atoms with Crippen molar-refractivity contribution in [3.05, 3.63) is 35.4 Å². The van der Waals surface area contributed by atoms with E-state index in [4.69, 9.17) is 5.21 Å². The average molecular weight is 203 g/mol. The molecular weight excluding hydrogens is 195 g/mol. The fourth-order valence-corrected chi connectivity index (χ4v) is 0.976. The fourth-order valence-electron chi connectivity index (χ4n) is 0.976. The number of alkyl halides is 3. The van der Waals surface area contributed by atoms with Crippen molar-refractivity contribution in [1.82, 2.24) is 0 Å². The second-order valence-electron chi connectivity index (χ2n) is 2.70. The van der Waals surface area contributed by atoms with Gasteiger partial charge in [0.25, 0.3) is 0 Å². The third kappa shape index (κ3) is 2.76. The van der Waals surface area contributed by atoms with Gasteiger partial charge in [0.15, 0.2) is 0 Å². The monoisotopic (exact) mass is 203 g/mol. The highest BCUT2D eigenvalue weighted by molar-refractivity contribution is 5.60. The van der Waals surface area contributed by atoms with Gasteiger partial charge < -0.3 is 5.21 Å². The summed E-state index contributed by atoms with van der Waals surface area (Å²) >= 11 is 0. The summed E-state index contributed by atoms with van der Waals surface area (Å²) in [4.78, 5) is 0. The topological polar surface area (TPSA) is 32.6 Å². The Morgan fingerprint density at radius 3 is 2.21 bits per heavy atom. The van der Waals surface area contributed by atoms with Crippen LogP contribution >= 0.6 is 0 Å². The number of halogens is 3. The van der Waals surface area contributed by atoms with Crippen molar-refractivity contribution >= 4 is 6.21 Å². The zero-order valence-corrected chi connectivity index (χ0v) is 7.12. The molecule has 0 radical (unpaired) electrons. The molecule has 14 heavy (non-hydrogen) atoms. The Hall–Kier alpha value is -1.52. The van der Waals surface area contributed by atoms with Gasteiger partial charge in [0, 0.05) is 12.6 Å². The van der Waals surface area contributed by atoms with Crippen molar-refractivity contribution in [1.29, 1.82) is 0 Å². The van der Waals surface area contributed by atoms with E-state index in [0.717, 1.165) is 12.1 Å². The van der Waals surface area contributed by atoms with Crippen LogP contribution in [0.15, 0.2) is 29.4 Å². The third-order valence-electron chi connectivity index (χ3n) is 1.69. The molecule has 5 heteroatoms. The Balaban J connectivity index is 2.79. The molecule has 0 saturated heterocycles. The number of benzene rings is 1. The van der Waals surface area contributed by atoms with Gasteiger partial charge in [-0.15, -0.1) is 5.16 Å². The van der Waals surface area contributed by atoms with Gasteiger partial charge >= 0.3 is 6.18 Å². The second kappa shape index (κ2) is 4.13. The lowest BCUT2D eigenvalue weighted by Crippen LogP contribution is -2.04. The molecule has 1 rings (SSSR count). The zero-order valence-electron chi connectivity index (χ0n) is 7.12. The summed E-state index contributed by atoms with van der Waals surface area (Å²) in [5.41, 5.74) is -0.0158. The molecule has 0 aromatic heterocycles. The summed E-state index contributed by atoms with van der Waals surface area (Å²) in [6.07, 6.45) is -2.78. The average Bonchev–Trinajstić information content (AvgIpc) is 2.14. The Kier molecular flexibility index (Phi) is 3.11. The molecule has 0 atom stereocenters. The van der Waals surface area contributed by atoms with E-state index in [2.05, 4.69) is 5.16 Å². The molecule has 76 valence electrons. The highest BCUT2D eigenvalue weighted by atomic mass is 19.4. The summed E-state index contributed by atoms with van der Waals surface area (Å²) in [5.74, 6) is 0. The lowest BCUT2D eigenvalue weighted by Gasteiger charge is -2.06. The maximum atomic E-state index is 12.1. The largest absolute Gasteiger partial charge is 0.416 e. The van der Waals surface area contributed by atoms with Crippen molar-refractivity contribution in [2.75, 3.05) is 0 Å². The SMILES string of the molecule is ON=CCc1ccc(C(F)(F)F)cc1. The van der Waals surface area contributed by atoms with E-state index in [1.54, 1.807) is 0 Å². The molecule has 0 unspecified atom stereocenters. The van der Waals surface area contributed by atoms with Crippen molar-refractivity contribution < 1.29 is 18.4 Å². The van der Waals surface area contributed by atoms with Crippen molar-refractivity contribution in [2.24, 2.45) is 5.16 Å².